The summed E-state index contributed by atoms with van der Waals surface area (Å²) in [6.07, 6.45) is 4.91. The maximum Gasteiger partial charge on any atom is 0.256 e. The van der Waals surface area contributed by atoms with E-state index in [2.05, 4.69) is 32.1 Å². The van der Waals surface area contributed by atoms with Crippen molar-refractivity contribution in [1.82, 2.24) is 34.5 Å². The zero-order valence-corrected chi connectivity index (χ0v) is 18.7. The van der Waals surface area contributed by atoms with Crippen LogP contribution in [-0.2, 0) is 11.2 Å². The van der Waals surface area contributed by atoms with Crippen LogP contribution in [0.3, 0.4) is 0 Å². The van der Waals surface area contributed by atoms with Gasteiger partial charge >= 0.3 is 0 Å². The van der Waals surface area contributed by atoms with Crippen LogP contribution in [-0.4, -0.2) is 87.8 Å². The first-order valence-electron chi connectivity index (χ1n) is 11.6. The van der Waals surface area contributed by atoms with E-state index in [1.165, 1.54) is 6.33 Å². The summed E-state index contributed by atoms with van der Waals surface area (Å²) in [6, 6.07) is 0. The molecule has 5 heterocycles. The molecule has 12 heteroatoms. The Morgan fingerprint density at radius 3 is 2.70 bits per heavy atom. The van der Waals surface area contributed by atoms with Crippen molar-refractivity contribution in [2.75, 3.05) is 24.6 Å². The molecule has 5 rings (SSSR count). The van der Waals surface area contributed by atoms with Crippen molar-refractivity contribution in [2.45, 2.75) is 70.0 Å². The fraction of sp³-hybridized carbons (Fsp3) is 0.667. The Balaban J connectivity index is 1.55. The Labute approximate surface area is 190 Å². The smallest absolute Gasteiger partial charge is 0.256 e. The number of anilines is 1. The second kappa shape index (κ2) is 9.29. The molecule has 2 aliphatic heterocycles. The molecular weight excluding hydrogens is 428 g/mol. The van der Waals surface area contributed by atoms with Gasteiger partial charge in [0.25, 0.3) is 5.95 Å². The second-order valence-corrected chi connectivity index (χ2v) is 8.75. The standard InChI is InChI=1S/C21H30N8O4/c1-2-3-4-7-13-10-29(26-25-13)21-23-18(27-8-5-6-9-27)15-19(24-21)28(12-22-15)20-17(32)16(31)14(30)11-33-20/h10,12,14,16-17,20,30-32H,2-9,11H2,1H3/t14-,16-,17+,20+/m1/s1. The van der Waals surface area contributed by atoms with Gasteiger partial charge < -0.3 is 25.0 Å². The molecule has 0 spiro atoms. The molecule has 0 aromatic carbocycles. The molecule has 0 radical (unpaired) electrons. The number of ether oxygens (including phenoxy) is 1. The van der Waals surface area contributed by atoms with E-state index < -0.39 is 24.5 Å². The SMILES string of the molecule is CCCCCc1cn(-c2nc(N3CCCC3)c3ncn([C@H]4OC[C@@H](O)[C@@H](O)[C@@H]4O)c3n2)nn1. The maximum absolute atomic E-state index is 10.5. The lowest BCUT2D eigenvalue weighted by molar-refractivity contribution is -0.210. The van der Waals surface area contributed by atoms with Gasteiger partial charge in [0.1, 0.15) is 18.3 Å². The number of aromatic nitrogens is 7. The van der Waals surface area contributed by atoms with Crippen LogP contribution in [0.25, 0.3) is 17.1 Å². The van der Waals surface area contributed by atoms with Crippen molar-refractivity contribution in [3.63, 3.8) is 0 Å². The highest BCUT2D eigenvalue weighted by atomic mass is 16.5. The zero-order valence-electron chi connectivity index (χ0n) is 18.7. The van der Waals surface area contributed by atoms with Gasteiger partial charge in [-0.05, 0) is 25.7 Å². The Kier molecular flexibility index (Phi) is 6.23. The molecule has 33 heavy (non-hydrogen) atoms. The quantitative estimate of drug-likeness (QED) is 0.424. The molecule has 3 aromatic heterocycles. The Morgan fingerprint density at radius 1 is 1.09 bits per heavy atom. The molecule has 178 valence electrons. The number of rotatable bonds is 7. The van der Waals surface area contributed by atoms with Crippen LogP contribution in [0.5, 0.6) is 0 Å². The number of aliphatic hydroxyl groups excluding tert-OH is 3. The average molecular weight is 459 g/mol. The Hall–Kier alpha value is -2.67. The number of imidazole rings is 1. The molecule has 0 saturated carbocycles. The minimum atomic E-state index is -1.34. The lowest BCUT2D eigenvalue weighted by Gasteiger charge is -2.35. The average Bonchev–Trinajstić information content (AvgIpc) is 3.58. The summed E-state index contributed by atoms with van der Waals surface area (Å²) in [6.45, 7) is 3.79. The first-order chi connectivity index (χ1) is 16.1. The number of aryl methyl sites for hydroxylation is 1. The summed E-state index contributed by atoms with van der Waals surface area (Å²) in [5.74, 6) is 1.05. The minimum absolute atomic E-state index is 0.107. The third-order valence-electron chi connectivity index (χ3n) is 6.33. The number of hydrogen-bond donors (Lipinski definition) is 3. The highest BCUT2D eigenvalue weighted by Gasteiger charge is 2.39. The molecular formula is C21H30N8O4. The van der Waals surface area contributed by atoms with Crippen LogP contribution in [0.2, 0.25) is 0 Å². The van der Waals surface area contributed by atoms with E-state index in [0.29, 0.717) is 22.9 Å². The van der Waals surface area contributed by atoms with Gasteiger partial charge in [0.2, 0.25) is 0 Å². The minimum Gasteiger partial charge on any atom is -0.388 e. The summed E-state index contributed by atoms with van der Waals surface area (Å²) in [7, 11) is 0. The predicted molar refractivity (Wildman–Crippen MR) is 118 cm³/mol. The van der Waals surface area contributed by atoms with Gasteiger partial charge in [0.05, 0.1) is 24.8 Å². The van der Waals surface area contributed by atoms with Gasteiger partial charge in [-0.1, -0.05) is 25.0 Å². The number of unbranched alkanes of at least 4 members (excludes halogenated alkanes) is 2. The first kappa shape index (κ1) is 22.1. The van der Waals surface area contributed by atoms with Crippen LogP contribution < -0.4 is 4.90 Å². The highest BCUT2D eigenvalue weighted by molar-refractivity contribution is 5.84. The van der Waals surface area contributed by atoms with Crippen LogP contribution >= 0.6 is 0 Å². The Morgan fingerprint density at radius 2 is 1.91 bits per heavy atom. The van der Waals surface area contributed by atoms with Crippen LogP contribution in [0, 0.1) is 0 Å². The summed E-state index contributed by atoms with van der Waals surface area (Å²) < 4.78 is 8.80. The third-order valence-corrected chi connectivity index (χ3v) is 6.33. The molecule has 2 aliphatic rings. The van der Waals surface area contributed by atoms with E-state index >= 15 is 0 Å². The fourth-order valence-corrected chi connectivity index (χ4v) is 4.43. The van der Waals surface area contributed by atoms with Crippen molar-refractivity contribution in [1.29, 1.82) is 0 Å². The summed E-state index contributed by atoms with van der Waals surface area (Å²) in [4.78, 5) is 16.2. The second-order valence-electron chi connectivity index (χ2n) is 8.75. The molecule has 0 amide bonds. The largest absolute Gasteiger partial charge is 0.388 e. The molecule has 4 atom stereocenters. The molecule has 12 nitrogen and oxygen atoms in total. The van der Waals surface area contributed by atoms with E-state index in [9.17, 15) is 15.3 Å². The monoisotopic (exact) mass is 458 g/mol. The van der Waals surface area contributed by atoms with Gasteiger partial charge in [-0.25, -0.2) is 4.98 Å². The predicted octanol–water partition coefficient (Wildman–Crippen LogP) is 0.351. The molecule has 3 aromatic rings. The zero-order chi connectivity index (χ0) is 22.9. The molecule has 2 fully saturated rings. The highest BCUT2D eigenvalue weighted by Crippen LogP contribution is 2.31. The van der Waals surface area contributed by atoms with E-state index in [-0.39, 0.29) is 6.61 Å². The summed E-state index contributed by atoms with van der Waals surface area (Å²) in [5.41, 5.74) is 1.92. The van der Waals surface area contributed by atoms with Crippen LogP contribution in [0.1, 0.15) is 50.9 Å². The van der Waals surface area contributed by atoms with Gasteiger partial charge in [-0.3, -0.25) is 4.57 Å². The van der Waals surface area contributed by atoms with Crippen LogP contribution in [0.4, 0.5) is 5.82 Å². The maximum atomic E-state index is 10.5. The molecule has 0 aliphatic carbocycles. The molecule has 0 bridgehead atoms. The van der Waals surface area contributed by atoms with E-state index in [0.717, 1.165) is 57.3 Å². The third kappa shape index (κ3) is 4.19. The van der Waals surface area contributed by atoms with Gasteiger partial charge in [-0.2, -0.15) is 14.6 Å². The van der Waals surface area contributed by atoms with Crippen LogP contribution in [0.15, 0.2) is 12.5 Å². The van der Waals surface area contributed by atoms with E-state index in [4.69, 9.17) is 9.72 Å². The van der Waals surface area contributed by atoms with Gasteiger partial charge in [-0.15, -0.1) is 5.10 Å². The lowest BCUT2D eigenvalue weighted by Crippen LogP contribution is -2.50. The number of fused-ring (bicyclic) bond motifs is 1. The normalized spacial score (nSPS) is 25.9. The van der Waals surface area contributed by atoms with Crippen molar-refractivity contribution in [3.05, 3.63) is 18.2 Å². The fourth-order valence-electron chi connectivity index (χ4n) is 4.43. The van der Waals surface area contributed by atoms with Gasteiger partial charge in [0.15, 0.2) is 23.2 Å². The Bertz CT molecular complexity index is 1100. The first-order valence-corrected chi connectivity index (χ1v) is 11.6. The van der Waals surface area contributed by atoms with Crippen molar-refractivity contribution < 1.29 is 20.1 Å². The number of nitrogens with zero attached hydrogens (tertiary/aromatic N) is 8. The summed E-state index contributed by atoms with van der Waals surface area (Å²) in [5, 5.41) is 39.1. The topological polar surface area (TPSA) is 147 Å². The van der Waals surface area contributed by atoms with E-state index in [1.807, 2.05) is 6.20 Å². The van der Waals surface area contributed by atoms with Gasteiger partial charge in [0, 0.05) is 13.1 Å². The molecule has 0 unspecified atom stereocenters. The van der Waals surface area contributed by atoms with Crippen molar-refractivity contribution >= 4 is 17.0 Å². The molecule has 2 saturated heterocycles. The number of hydrogen-bond acceptors (Lipinski definition) is 10. The lowest BCUT2D eigenvalue weighted by atomic mass is 10.0. The summed E-state index contributed by atoms with van der Waals surface area (Å²) >= 11 is 0. The van der Waals surface area contributed by atoms with Crippen molar-refractivity contribution in [2.24, 2.45) is 0 Å². The number of aliphatic hydroxyl groups is 3. The van der Waals surface area contributed by atoms with Crippen molar-refractivity contribution in [3.8, 4) is 5.95 Å². The molecule has 3 N–H and O–H groups in total. The van der Waals surface area contributed by atoms with E-state index in [1.54, 1.807) is 9.25 Å².